The molecule has 0 fully saturated rings. The van der Waals surface area contributed by atoms with Gasteiger partial charge in [0, 0.05) is 43.3 Å². The van der Waals surface area contributed by atoms with Crippen molar-refractivity contribution in [2.45, 2.75) is 26.1 Å². The number of hydrogen-bond donors (Lipinski definition) is 2. The van der Waals surface area contributed by atoms with Crippen molar-refractivity contribution in [2.75, 3.05) is 31.0 Å². The number of carbonyl (C=O) groups is 1. The van der Waals surface area contributed by atoms with Crippen LogP contribution in [0.2, 0.25) is 5.02 Å². The zero-order valence-corrected chi connectivity index (χ0v) is 20.4. The fourth-order valence-corrected chi connectivity index (χ4v) is 3.37. The van der Waals surface area contributed by atoms with Crippen molar-refractivity contribution in [3.8, 4) is 11.5 Å². The number of hydrogen-bond acceptors (Lipinski definition) is 5. The highest BCUT2D eigenvalue weighted by Crippen LogP contribution is 2.36. The molecule has 0 radical (unpaired) electrons. The van der Waals surface area contributed by atoms with Crippen LogP contribution in [-0.2, 0) is 17.5 Å². The number of aromatic nitrogens is 1. The number of alkyl halides is 3. The van der Waals surface area contributed by atoms with Crippen molar-refractivity contribution >= 4 is 29.0 Å². The van der Waals surface area contributed by atoms with Gasteiger partial charge in [-0.05, 0) is 55.5 Å². The largest absolute Gasteiger partial charge is 0.493 e. The van der Waals surface area contributed by atoms with E-state index in [2.05, 4.69) is 15.6 Å². The van der Waals surface area contributed by atoms with Gasteiger partial charge in [-0.3, -0.25) is 4.98 Å². The smallest absolute Gasteiger partial charge is 0.417 e. The maximum absolute atomic E-state index is 13.0. The highest BCUT2D eigenvalue weighted by Gasteiger charge is 2.33. The molecule has 0 saturated heterocycles. The average Bonchev–Trinajstić information content (AvgIpc) is 2.83. The molecule has 0 spiro atoms. The Morgan fingerprint density at radius 2 is 1.69 bits per heavy atom. The minimum atomic E-state index is -4.63. The zero-order chi connectivity index (χ0) is 26.1. The Balaban J connectivity index is 1.54. The number of nitrogens with one attached hydrogen (secondary N) is 2. The maximum atomic E-state index is 13.0. The second kappa shape index (κ2) is 12.5. The Morgan fingerprint density at radius 1 is 1.00 bits per heavy atom. The van der Waals surface area contributed by atoms with Crippen LogP contribution in [0.1, 0.15) is 23.2 Å². The Bertz CT molecular complexity index is 1170. The van der Waals surface area contributed by atoms with E-state index in [1.165, 1.54) is 6.07 Å². The fraction of sp³-hybridized carbons (Fsp3) is 0.280. The summed E-state index contributed by atoms with van der Waals surface area (Å²) >= 11 is 5.60. The van der Waals surface area contributed by atoms with Crippen molar-refractivity contribution < 1.29 is 32.2 Å². The van der Waals surface area contributed by atoms with E-state index in [0.29, 0.717) is 24.7 Å². The van der Waals surface area contributed by atoms with Gasteiger partial charge in [-0.1, -0.05) is 11.6 Å². The van der Waals surface area contributed by atoms with Gasteiger partial charge >= 0.3 is 12.2 Å². The molecule has 7 nitrogen and oxygen atoms in total. The van der Waals surface area contributed by atoms with Crippen molar-refractivity contribution in [1.82, 2.24) is 4.98 Å². The number of amides is 2. The summed E-state index contributed by atoms with van der Waals surface area (Å²) in [5.74, 6) is 1.27. The standard InChI is InChI=1S/C25H25ClF3N3O4/c1-16-22(30-11-10-23(16)35-13-3-12-34-2)15-36-19-7-4-17(5-8-19)31-24(33)32-18-6-9-21(26)20(14-18)25(27,28)29/h4-11,14H,3,12-13,15H2,1-2H3,(H2,31,32,33). The van der Waals surface area contributed by atoms with E-state index in [0.717, 1.165) is 35.6 Å². The molecule has 2 aromatic carbocycles. The average molecular weight is 524 g/mol. The lowest BCUT2D eigenvalue weighted by atomic mass is 10.2. The second-order valence-corrected chi connectivity index (χ2v) is 8.07. The molecule has 2 N–H and O–H groups in total. The summed E-state index contributed by atoms with van der Waals surface area (Å²) < 4.78 is 55.6. The molecule has 192 valence electrons. The van der Waals surface area contributed by atoms with E-state index in [4.69, 9.17) is 25.8 Å². The summed E-state index contributed by atoms with van der Waals surface area (Å²) in [6, 6.07) is 10.7. The number of anilines is 2. The van der Waals surface area contributed by atoms with E-state index >= 15 is 0 Å². The maximum Gasteiger partial charge on any atom is 0.417 e. The lowest BCUT2D eigenvalue weighted by Gasteiger charge is -2.13. The van der Waals surface area contributed by atoms with Crippen molar-refractivity contribution in [3.05, 3.63) is 76.6 Å². The molecule has 1 aromatic heterocycles. The number of pyridine rings is 1. The van der Waals surface area contributed by atoms with Crippen molar-refractivity contribution in [2.24, 2.45) is 0 Å². The molecule has 0 aliphatic heterocycles. The van der Waals surface area contributed by atoms with Gasteiger partial charge in [0.2, 0.25) is 0 Å². The fourth-order valence-electron chi connectivity index (χ4n) is 3.15. The zero-order valence-electron chi connectivity index (χ0n) is 19.6. The SMILES string of the molecule is COCCCOc1ccnc(COc2ccc(NC(=O)Nc3ccc(Cl)c(C(F)(F)F)c3)cc2)c1C. The van der Waals surface area contributed by atoms with E-state index in [1.807, 2.05) is 6.92 Å². The third kappa shape index (κ3) is 7.76. The Hall–Kier alpha value is -3.50. The van der Waals surface area contributed by atoms with Crippen molar-refractivity contribution in [3.63, 3.8) is 0 Å². The summed E-state index contributed by atoms with van der Waals surface area (Å²) in [5, 5.41) is 4.46. The van der Waals surface area contributed by atoms with Gasteiger partial charge in [-0.25, -0.2) is 4.79 Å². The predicted octanol–water partition coefficient (Wildman–Crippen LogP) is 6.70. The van der Waals surface area contributed by atoms with Crippen LogP contribution in [0.5, 0.6) is 11.5 Å². The molecule has 36 heavy (non-hydrogen) atoms. The second-order valence-electron chi connectivity index (χ2n) is 7.66. The van der Waals surface area contributed by atoms with Crippen LogP contribution in [0.4, 0.5) is 29.3 Å². The summed E-state index contributed by atoms with van der Waals surface area (Å²) in [6.07, 6.45) is -2.20. The first-order valence-electron chi connectivity index (χ1n) is 10.9. The highest BCUT2D eigenvalue weighted by molar-refractivity contribution is 6.31. The topological polar surface area (TPSA) is 81.7 Å². The number of benzene rings is 2. The lowest BCUT2D eigenvalue weighted by molar-refractivity contribution is -0.137. The number of rotatable bonds is 10. The monoisotopic (exact) mass is 523 g/mol. The molecule has 0 aliphatic rings. The Kier molecular flexibility index (Phi) is 9.38. The molecule has 3 rings (SSSR count). The predicted molar refractivity (Wildman–Crippen MR) is 131 cm³/mol. The quantitative estimate of drug-likeness (QED) is 0.289. The normalized spacial score (nSPS) is 11.2. The minimum absolute atomic E-state index is 0.0445. The van der Waals surface area contributed by atoms with Gasteiger partial charge in [-0.2, -0.15) is 13.2 Å². The molecule has 11 heteroatoms. The number of nitrogens with zero attached hydrogens (tertiary/aromatic N) is 1. The summed E-state index contributed by atoms with van der Waals surface area (Å²) in [6.45, 7) is 3.27. The lowest BCUT2D eigenvalue weighted by Crippen LogP contribution is -2.19. The molecule has 0 unspecified atom stereocenters. The minimum Gasteiger partial charge on any atom is -0.493 e. The van der Waals surface area contributed by atoms with Crippen LogP contribution < -0.4 is 20.1 Å². The molecule has 1 heterocycles. The summed E-state index contributed by atoms with van der Waals surface area (Å²) in [5.41, 5.74) is 0.946. The van der Waals surface area contributed by atoms with Crippen LogP contribution in [0.15, 0.2) is 54.7 Å². The van der Waals surface area contributed by atoms with E-state index < -0.39 is 22.8 Å². The summed E-state index contributed by atoms with van der Waals surface area (Å²) in [7, 11) is 1.64. The van der Waals surface area contributed by atoms with Crippen molar-refractivity contribution in [1.29, 1.82) is 0 Å². The summed E-state index contributed by atoms with van der Waals surface area (Å²) in [4.78, 5) is 16.6. The number of methoxy groups -OCH3 is 1. The van der Waals surface area contributed by atoms with Crippen LogP contribution >= 0.6 is 11.6 Å². The molecular formula is C25H25ClF3N3O4. The van der Waals surface area contributed by atoms with Gasteiger partial charge in [0.1, 0.15) is 18.1 Å². The number of halogens is 4. The Labute approximate surface area is 211 Å². The first-order chi connectivity index (χ1) is 17.2. The molecule has 0 aliphatic carbocycles. The van der Waals surface area contributed by atoms with E-state index in [-0.39, 0.29) is 12.3 Å². The first kappa shape index (κ1) is 27.1. The Morgan fingerprint density at radius 3 is 2.39 bits per heavy atom. The molecule has 0 bridgehead atoms. The number of urea groups is 1. The van der Waals surface area contributed by atoms with E-state index in [1.54, 1.807) is 43.6 Å². The van der Waals surface area contributed by atoms with Gasteiger partial charge in [0.15, 0.2) is 0 Å². The van der Waals surface area contributed by atoms with E-state index in [9.17, 15) is 18.0 Å². The first-order valence-corrected chi connectivity index (χ1v) is 11.3. The molecule has 2 amide bonds. The molecular weight excluding hydrogens is 499 g/mol. The third-order valence-corrected chi connectivity index (χ3v) is 5.36. The molecule has 3 aromatic rings. The van der Waals surface area contributed by atoms with Crippen LogP contribution in [0.25, 0.3) is 0 Å². The van der Waals surface area contributed by atoms with Gasteiger partial charge in [0.25, 0.3) is 0 Å². The number of carbonyl (C=O) groups excluding carboxylic acids is 1. The van der Waals surface area contributed by atoms with Gasteiger partial charge in [0.05, 0.1) is 22.9 Å². The molecule has 0 saturated carbocycles. The van der Waals surface area contributed by atoms with Gasteiger partial charge in [-0.15, -0.1) is 0 Å². The van der Waals surface area contributed by atoms with Crippen LogP contribution in [0.3, 0.4) is 0 Å². The third-order valence-electron chi connectivity index (χ3n) is 5.03. The van der Waals surface area contributed by atoms with Gasteiger partial charge < -0.3 is 24.8 Å². The van der Waals surface area contributed by atoms with Crippen LogP contribution in [0, 0.1) is 6.92 Å². The molecule has 0 atom stereocenters. The highest BCUT2D eigenvalue weighted by atomic mass is 35.5. The number of ether oxygens (including phenoxy) is 3. The van der Waals surface area contributed by atoms with Crippen LogP contribution in [-0.4, -0.2) is 31.3 Å².